The van der Waals surface area contributed by atoms with E-state index in [9.17, 15) is 22.8 Å². The molecule has 2 aromatic carbocycles. The second-order valence-electron chi connectivity index (χ2n) is 6.92. The number of halogens is 3. The van der Waals surface area contributed by atoms with Crippen molar-refractivity contribution in [3.63, 3.8) is 0 Å². The molecule has 0 aliphatic heterocycles. The number of carbonyl (C=O) groups excluding carboxylic acids is 2. The third kappa shape index (κ3) is 6.53. The van der Waals surface area contributed by atoms with Crippen molar-refractivity contribution >= 4 is 23.3 Å². The van der Waals surface area contributed by atoms with Crippen molar-refractivity contribution in [2.75, 3.05) is 5.32 Å². The van der Waals surface area contributed by atoms with Crippen molar-refractivity contribution in [2.45, 2.75) is 26.2 Å². The van der Waals surface area contributed by atoms with Crippen LogP contribution in [0.5, 0.6) is 0 Å². The molecule has 0 aliphatic rings. The van der Waals surface area contributed by atoms with Gasteiger partial charge in [0.2, 0.25) is 11.9 Å². The van der Waals surface area contributed by atoms with Crippen LogP contribution in [0.4, 0.5) is 19.1 Å². The lowest BCUT2D eigenvalue weighted by molar-refractivity contribution is -0.137. The highest BCUT2D eigenvalue weighted by Crippen LogP contribution is 2.30. The van der Waals surface area contributed by atoms with Gasteiger partial charge in [-0.15, -0.1) is 5.10 Å². The van der Waals surface area contributed by atoms with Crippen molar-refractivity contribution < 1.29 is 22.8 Å². The Morgan fingerprint density at radius 1 is 1.06 bits per heavy atom. The molecule has 3 aromatic rings. The summed E-state index contributed by atoms with van der Waals surface area (Å²) in [7, 11) is 0. The lowest BCUT2D eigenvalue weighted by Gasteiger charge is -2.08. The van der Waals surface area contributed by atoms with Crippen molar-refractivity contribution in [2.24, 2.45) is 0 Å². The first-order valence-electron chi connectivity index (χ1n) is 9.58. The molecule has 166 valence electrons. The average Bonchev–Trinajstić information content (AvgIpc) is 3.18. The number of allylic oxidation sites excluding steroid dienone is 1. The van der Waals surface area contributed by atoms with E-state index in [2.05, 4.69) is 20.7 Å². The maximum atomic E-state index is 12.7. The maximum Gasteiger partial charge on any atom is 0.416 e. The number of carbonyl (C=O) groups is 2. The van der Waals surface area contributed by atoms with E-state index >= 15 is 0 Å². The molecule has 10 heteroatoms. The predicted octanol–water partition coefficient (Wildman–Crippen LogP) is 3.66. The van der Waals surface area contributed by atoms with Crippen LogP contribution < -0.4 is 10.6 Å². The first kappa shape index (κ1) is 22.7. The van der Waals surface area contributed by atoms with Gasteiger partial charge in [-0.3, -0.25) is 14.9 Å². The molecule has 0 spiro atoms. The van der Waals surface area contributed by atoms with Crippen molar-refractivity contribution in [3.8, 4) is 0 Å². The second kappa shape index (κ2) is 9.90. The summed E-state index contributed by atoms with van der Waals surface area (Å²) in [5, 5.41) is 9.24. The minimum Gasteiger partial charge on any atom is -0.350 e. The highest BCUT2D eigenvalue weighted by Gasteiger charge is 2.29. The van der Waals surface area contributed by atoms with Gasteiger partial charge in [0.05, 0.1) is 5.56 Å². The third-order valence-corrected chi connectivity index (χ3v) is 4.42. The summed E-state index contributed by atoms with van der Waals surface area (Å²) in [6.07, 6.45) is -1.88. The molecule has 0 atom stereocenters. The lowest BCUT2D eigenvalue weighted by Crippen LogP contribution is -2.27. The van der Waals surface area contributed by atoms with E-state index < -0.39 is 17.6 Å². The second-order valence-corrected chi connectivity index (χ2v) is 6.92. The molecule has 0 fully saturated rings. The lowest BCUT2D eigenvalue weighted by atomic mass is 10.0. The SMILES string of the molecule is C/C(=C/C(=O)Nc1ncn(CC(=O)NCc2ccccc2)n1)c1ccc(C(F)(F)F)cc1. The summed E-state index contributed by atoms with van der Waals surface area (Å²) >= 11 is 0. The van der Waals surface area contributed by atoms with Gasteiger partial charge in [0.25, 0.3) is 5.91 Å². The van der Waals surface area contributed by atoms with Gasteiger partial charge in [0.1, 0.15) is 12.9 Å². The first-order valence-corrected chi connectivity index (χ1v) is 9.58. The molecule has 7 nitrogen and oxygen atoms in total. The monoisotopic (exact) mass is 443 g/mol. The minimum absolute atomic E-state index is 0.00216. The number of aromatic nitrogens is 3. The molecule has 0 aliphatic carbocycles. The quantitative estimate of drug-likeness (QED) is 0.546. The number of amides is 2. The average molecular weight is 443 g/mol. The van der Waals surface area contributed by atoms with Crippen LogP contribution in [-0.4, -0.2) is 26.6 Å². The van der Waals surface area contributed by atoms with E-state index in [0.29, 0.717) is 17.7 Å². The van der Waals surface area contributed by atoms with Crippen LogP contribution in [0, 0.1) is 0 Å². The van der Waals surface area contributed by atoms with Crippen LogP contribution in [0.1, 0.15) is 23.6 Å². The van der Waals surface area contributed by atoms with Gasteiger partial charge in [-0.2, -0.15) is 13.2 Å². The molecule has 32 heavy (non-hydrogen) atoms. The molecule has 0 saturated heterocycles. The van der Waals surface area contributed by atoms with Gasteiger partial charge in [0, 0.05) is 12.6 Å². The molecular formula is C22H20F3N5O2. The Labute approximate surface area is 182 Å². The van der Waals surface area contributed by atoms with Crippen LogP contribution in [0.3, 0.4) is 0 Å². The number of nitrogens with one attached hydrogen (secondary N) is 2. The smallest absolute Gasteiger partial charge is 0.350 e. The summed E-state index contributed by atoms with van der Waals surface area (Å²) in [6, 6.07) is 13.9. The van der Waals surface area contributed by atoms with Gasteiger partial charge in [-0.1, -0.05) is 42.5 Å². The van der Waals surface area contributed by atoms with Crippen molar-refractivity contribution in [3.05, 3.63) is 83.7 Å². The maximum absolute atomic E-state index is 12.7. The Kier molecular flexibility index (Phi) is 7.04. The van der Waals surface area contributed by atoms with Crippen LogP contribution in [0.2, 0.25) is 0 Å². The van der Waals surface area contributed by atoms with Crippen molar-refractivity contribution in [1.82, 2.24) is 20.1 Å². The molecular weight excluding hydrogens is 423 g/mol. The van der Waals surface area contributed by atoms with Crippen LogP contribution in [-0.2, 0) is 28.9 Å². The molecule has 1 aromatic heterocycles. The summed E-state index contributed by atoms with van der Waals surface area (Å²) in [6.45, 7) is 1.91. The zero-order valence-corrected chi connectivity index (χ0v) is 17.1. The minimum atomic E-state index is -4.42. The number of anilines is 1. The van der Waals surface area contributed by atoms with E-state index in [1.165, 1.54) is 29.2 Å². The fourth-order valence-corrected chi connectivity index (χ4v) is 2.78. The Morgan fingerprint density at radius 3 is 2.41 bits per heavy atom. The fraction of sp³-hybridized carbons (Fsp3) is 0.182. The highest BCUT2D eigenvalue weighted by molar-refractivity contribution is 6.02. The summed E-state index contributed by atoms with van der Waals surface area (Å²) in [5.74, 6) is -0.814. The Hall–Kier alpha value is -3.95. The fourth-order valence-electron chi connectivity index (χ4n) is 2.78. The zero-order chi connectivity index (χ0) is 23.1. The molecule has 2 N–H and O–H groups in total. The molecule has 0 saturated carbocycles. The number of nitrogens with zero attached hydrogens (tertiary/aromatic N) is 3. The topological polar surface area (TPSA) is 88.9 Å². The Bertz CT molecular complexity index is 1110. The molecule has 3 rings (SSSR count). The normalized spacial score (nSPS) is 11.8. The zero-order valence-electron chi connectivity index (χ0n) is 17.1. The number of rotatable bonds is 7. The third-order valence-electron chi connectivity index (χ3n) is 4.42. The number of hydrogen-bond donors (Lipinski definition) is 2. The van der Waals surface area contributed by atoms with Gasteiger partial charge in [-0.25, -0.2) is 9.67 Å². The van der Waals surface area contributed by atoms with Crippen LogP contribution >= 0.6 is 0 Å². The van der Waals surface area contributed by atoms with Gasteiger partial charge in [0.15, 0.2) is 0 Å². The number of alkyl halides is 3. The summed E-state index contributed by atoms with van der Waals surface area (Å²) in [4.78, 5) is 28.1. The molecule has 0 unspecified atom stereocenters. The van der Waals surface area contributed by atoms with Gasteiger partial charge < -0.3 is 5.32 Å². The molecule has 1 heterocycles. The Balaban J connectivity index is 1.53. The Morgan fingerprint density at radius 2 is 1.75 bits per heavy atom. The van der Waals surface area contributed by atoms with Gasteiger partial charge in [-0.05, 0) is 35.8 Å². The van der Waals surface area contributed by atoms with Gasteiger partial charge >= 0.3 is 6.18 Å². The van der Waals surface area contributed by atoms with E-state index in [4.69, 9.17) is 0 Å². The van der Waals surface area contributed by atoms with E-state index in [0.717, 1.165) is 17.7 Å². The van der Waals surface area contributed by atoms with E-state index in [1.54, 1.807) is 6.92 Å². The standard InChI is InChI=1S/C22H20F3N5O2/c1-15(17-7-9-18(10-8-17)22(23,24)25)11-19(31)28-21-27-14-30(29-21)13-20(32)26-12-16-5-3-2-4-6-16/h2-11,14H,12-13H2,1H3,(H,26,32)(H,28,29,31)/b15-11-. The molecule has 0 radical (unpaired) electrons. The number of benzene rings is 2. The van der Waals surface area contributed by atoms with Crippen LogP contribution in [0.15, 0.2) is 67.0 Å². The van der Waals surface area contributed by atoms with E-state index in [-0.39, 0.29) is 18.4 Å². The summed E-state index contributed by atoms with van der Waals surface area (Å²) in [5.41, 5.74) is 1.14. The predicted molar refractivity (Wildman–Crippen MR) is 112 cm³/mol. The highest BCUT2D eigenvalue weighted by atomic mass is 19.4. The van der Waals surface area contributed by atoms with Crippen molar-refractivity contribution in [1.29, 1.82) is 0 Å². The summed E-state index contributed by atoms with van der Waals surface area (Å²) < 4.78 is 39.2. The van der Waals surface area contributed by atoms with E-state index in [1.807, 2.05) is 30.3 Å². The first-order chi connectivity index (χ1) is 15.2. The molecule has 2 amide bonds. The number of hydrogen-bond acceptors (Lipinski definition) is 4. The van der Waals surface area contributed by atoms with Crippen LogP contribution in [0.25, 0.3) is 5.57 Å². The molecule has 0 bridgehead atoms. The largest absolute Gasteiger partial charge is 0.416 e.